The third-order valence-corrected chi connectivity index (χ3v) is 0.913. The molecule has 0 aromatic rings. The summed E-state index contributed by atoms with van der Waals surface area (Å²) in [6.07, 6.45) is 0.396. The lowest BCUT2D eigenvalue weighted by Crippen LogP contribution is -2.09. The quantitative estimate of drug-likeness (QED) is 0.441. The van der Waals surface area contributed by atoms with Crippen molar-refractivity contribution in [2.24, 2.45) is 0 Å². The molecule has 0 saturated heterocycles. The van der Waals surface area contributed by atoms with Crippen molar-refractivity contribution in [3.63, 3.8) is 0 Å². The smallest absolute Gasteiger partial charge is 0.0517 e. The summed E-state index contributed by atoms with van der Waals surface area (Å²) < 4.78 is 0. The average Bonchev–Trinajstić information content (AvgIpc) is 1.83. The Morgan fingerprint density at radius 3 is 1.62 bits per heavy atom. The van der Waals surface area contributed by atoms with Gasteiger partial charge in [-0.15, -0.1) is 0 Å². The molecular weight excluding hydrogens is 108 g/mol. The maximum atomic E-state index is 8.35. The van der Waals surface area contributed by atoms with Crippen molar-refractivity contribution >= 4 is 0 Å². The molecule has 0 fully saturated rings. The van der Waals surface area contributed by atoms with Crippen molar-refractivity contribution in [1.29, 1.82) is 0 Å². The van der Waals surface area contributed by atoms with Crippen LogP contribution in [0.5, 0.6) is 0 Å². The minimum atomic E-state index is -0.128. The number of aliphatic hydroxyl groups excluding tert-OH is 3. The highest BCUT2D eigenvalue weighted by Gasteiger charge is 2.03. The summed E-state index contributed by atoms with van der Waals surface area (Å²) in [5, 5.41) is 25.0. The van der Waals surface area contributed by atoms with Crippen LogP contribution in [-0.2, 0) is 0 Å². The molecule has 0 aliphatic carbocycles. The normalized spacial score (nSPS) is 10.5. The van der Waals surface area contributed by atoms with E-state index in [0.29, 0.717) is 12.3 Å². The molecule has 3 N–H and O–H groups in total. The summed E-state index contributed by atoms with van der Waals surface area (Å²) in [5.74, 6) is 0.576. The number of hydrogen-bond donors (Lipinski definition) is 3. The molecule has 0 amide bonds. The molecule has 0 bridgehead atoms. The molecule has 3 nitrogen and oxygen atoms in total. The van der Waals surface area contributed by atoms with E-state index < -0.39 is 0 Å². The molecule has 49 valence electrons. The zero-order chi connectivity index (χ0) is 6.41. The van der Waals surface area contributed by atoms with E-state index in [9.17, 15) is 0 Å². The molecule has 0 aliphatic heterocycles. The molecule has 0 saturated carbocycles. The van der Waals surface area contributed by atoms with E-state index in [-0.39, 0.29) is 19.8 Å². The van der Waals surface area contributed by atoms with Gasteiger partial charge in [-0.25, -0.2) is 0 Å². The first kappa shape index (κ1) is 7.88. The SMILES string of the molecule is OCC[C](CO)CO. The predicted molar refractivity (Wildman–Crippen MR) is 29.1 cm³/mol. The van der Waals surface area contributed by atoms with Crippen molar-refractivity contribution in [2.75, 3.05) is 19.8 Å². The first-order valence-corrected chi connectivity index (χ1v) is 2.51. The summed E-state index contributed by atoms with van der Waals surface area (Å²) >= 11 is 0. The van der Waals surface area contributed by atoms with E-state index in [1.54, 1.807) is 0 Å². The van der Waals surface area contributed by atoms with Crippen LogP contribution in [-0.4, -0.2) is 35.1 Å². The minimum Gasteiger partial charge on any atom is -0.396 e. The Labute approximate surface area is 48.6 Å². The van der Waals surface area contributed by atoms with Gasteiger partial charge in [-0.05, 0) is 6.42 Å². The summed E-state index contributed by atoms with van der Waals surface area (Å²) in [6, 6.07) is 0. The van der Waals surface area contributed by atoms with Crippen LogP contribution in [0.25, 0.3) is 0 Å². The zero-order valence-electron chi connectivity index (χ0n) is 4.67. The van der Waals surface area contributed by atoms with Crippen molar-refractivity contribution < 1.29 is 15.3 Å². The van der Waals surface area contributed by atoms with Gasteiger partial charge in [0.25, 0.3) is 0 Å². The van der Waals surface area contributed by atoms with Gasteiger partial charge in [-0.3, -0.25) is 0 Å². The molecule has 0 rings (SSSR count). The van der Waals surface area contributed by atoms with E-state index in [1.165, 1.54) is 0 Å². The molecule has 0 heterocycles. The molecular formula is C5H11O3. The van der Waals surface area contributed by atoms with Crippen LogP contribution in [0.2, 0.25) is 0 Å². The van der Waals surface area contributed by atoms with Gasteiger partial charge in [0.15, 0.2) is 0 Å². The Balaban J connectivity index is 3.07. The van der Waals surface area contributed by atoms with Crippen LogP contribution >= 0.6 is 0 Å². The molecule has 3 heteroatoms. The summed E-state index contributed by atoms with van der Waals surface area (Å²) in [5.41, 5.74) is 0. The summed E-state index contributed by atoms with van der Waals surface area (Å²) in [7, 11) is 0. The Hall–Kier alpha value is -0.120. The lowest BCUT2D eigenvalue weighted by molar-refractivity contribution is 0.211. The van der Waals surface area contributed by atoms with Crippen LogP contribution in [0.15, 0.2) is 0 Å². The third-order valence-electron chi connectivity index (χ3n) is 0.913. The van der Waals surface area contributed by atoms with Crippen LogP contribution < -0.4 is 0 Å². The van der Waals surface area contributed by atoms with Gasteiger partial charge in [0.1, 0.15) is 0 Å². The van der Waals surface area contributed by atoms with Gasteiger partial charge in [-0.2, -0.15) is 0 Å². The van der Waals surface area contributed by atoms with E-state index in [0.717, 1.165) is 0 Å². The van der Waals surface area contributed by atoms with Crippen LogP contribution in [0.1, 0.15) is 6.42 Å². The van der Waals surface area contributed by atoms with Crippen molar-refractivity contribution in [3.05, 3.63) is 5.92 Å². The molecule has 0 aromatic heterocycles. The highest BCUT2D eigenvalue weighted by atomic mass is 16.3. The lowest BCUT2D eigenvalue weighted by atomic mass is 10.1. The fourth-order valence-electron chi connectivity index (χ4n) is 0.366. The maximum Gasteiger partial charge on any atom is 0.0517 e. The molecule has 0 spiro atoms. The van der Waals surface area contributed by atoms with Gasteiger partial charge in [0.05, 0.1) is 13.2 Å². The first-order valence-electron chi connectivity index (χ1n) is 2.51. The zero-order valence-corrected chi connectivity index (χ0v) is 4.67. The standard InChI is InChI=1S/C5H11O3/c6-2-1-5(3-7)4-8/h6-8H,1-4H2. The second-order valence-electron chi connectivity index (χ2n) is 1.54. The van der Waals surface area contributed by atoms with Gasteiger partial charge in [0.2, 0.25) is 0 Å². The van der Waals surface area contributed by atoms with Gasteiger partial charge >= 0.3 is 0 Å². The maximum absolute atomic E-state index is 8.35. The van der Waals surface area contributed by atoms with Crippen LogP contribution in [0, 0.1) is 5.92 Å². The van der Waals surface area contributed by atoms with Crippen LogP contribution in [0.4, 0.5) is 0 Å². The highest BCUT2D eigenvalue weighted by molar-refractivity contribution is 4.87. The Morgan fingerprint density at radius 1 is 1.00 bits per heavy atom. The molecule has 0 unspecified atom stereocenters. The molecule has 0 aliphatic rings. The largest absolute Gasteiger partial charge is 0.396 e. The first-order chi connectivity index (χ1) is 3.85. The third kappa shape index (κ3) is 2.96. The Kier molecular flexibility index (Phi) is 4.95. The van der Waals surface area contributed by atoms with Crippen molar-refractivity contribution in [2.45, 2.75) is 6.42 Å². The van der Waals surface area contributed by atoms with Crippen molar-refractivity contribution in [1.82, 2.24) is 0 Å². The monoisotopic (exact) mass is 119 g/mol. The number of rotatable bonds is 4. The average molecular weight is 119 g/mol. The highest BCUT2D eigenvalue weighted by Crippen LogP contribution is 2.00. The van der Waals surface area contributed by atoms with Gasteiger partial charge in [0, 0.05) is 12.5 Å². The lowest BCUT2D eigenvalue weighted by Gasteiger charge is -2.05. The Bertz CT molecular complexity index is 42.9. The number of aliphatic hydroxyl groups is 3. The summed E-state index contributed by atoms with van der Waals surface area (Å²) in [4.78, 5) is 0. The second-order valence-corrected chi connectivity index (χ2v) is 1.54. The van der Waals surface area contributed by atoms with E-state index in [4.69, 9.17) is 15.3 Å². The fourth-order valence-corrected chi connectivity index (χ4v) is 0.366. The van der Waals surface area contributed by atoms with E-state index in [2.05, 4.69) is 0 Å². The van der Waals surface area contributed by atoms with Crippen molar-refractivity contribution in [3.8, 4) is 0 Å². The number of hydrogen-bond acceptors (Lipinski definition) is 3. The molecule has 0 aromatic carbocycles. The molecule has 1 radical (unpaired) electrons. The van der Waals surface area contributed by atoms with Crippen LogP contribution in [0.3, 0.4) is 0 Å². The van der Waals surface area contributed by atoms with Gasteiger partial charge < -0.3 is 15.3 Å². The van der Waals surface area contributed by atoms with E-state index in [1.807, 2.05) is 0 Å². The summed E-state index contributed by atoms with van der Waals surface area (Å²) in [6.45, 7) is -0.259. The fraction of sp³-hybridized carbons (Fsp3) is 0.800. The minimum absolute atomic E-state index is 0.00352. The predicted octanol–water partition coefficient (Wildman–Crippen LogP) is -1.07. The topological polar surface area (TPSA) is 60.7 Å². The van der Waals surface area contributed by atoms with E-state index >= 15 is 0 Å². The Morgan fingerprint density at radius 2 is 1.50 bits per heavy atom. The van der Waals surface area contributed by atoms with Gasteiger partial charge in [-0.1, -0.05) is 0 Å². The molecule has 0 atom stereocenters. The molecule has 8 heavy (non-hydrogen) atoms. The second kappa shape index (κ2) is 5.03.